The van der Waals surface area contributed by atoms with Gasteiger partial charge in [-0.25, -0.2) is 0 Å². The molecule has 0 aromatic heterocycles. The molecule has 1 saturated carbocycles. The van der Waals surface area contributed by atoms with Gasteiger partial charge in [-0.1, -0.05) is 54.8 Å². The predicted molar refractivity (Wildman–Crippen MR) is 111 cm³/mol. The second-order valence-electron chi connectivity index (χ2n) is 7.43. The number of thiocarbonyl (C=S) groups is 1. The van der Waals surface area contributed by atoms with Gasteiger partial charge in [0.05, 0.1) is 0 Å². The minimum atomic E-state index is 0.137. The van der Waals surface area contributed by atoms with Gasteiger partial charge in [0, 0.05) is 11.2 Å². The maximum absolute atomic E-state index is 5.62. The summed E-state index contributed by atoms with van der Waals surface area (Å²) in [5.74, 6) is 0. The maximum Gasteiger partial charge on any atom is 0.171 e. The lowest BCUT2D eigenvalue weighted by Gasteiger charge is -2.32. The van der Waals surface area contributed by atoms with Gasteiger partial charge < -0.3 is 10.6 Å². The molecule has 0 spiro atoms. The molecule has 3 rings (SSSR count). The van der Waals surface area contributed by atoms with Crippen LogP contribution in [0.1, 0.15) is 48.8 Å². The fraction of sp³-hybridized carbons (Fsp3) is 0.409. The lowest BCUT2D eigenvalue weighted by molar-refractivity contribution is 0.362. The van der Waals surface area contributed by atoms with Crippen molar-refractivity contribution in [1.29, 1.82) is 0 Å². The highest BCUT2D eigenvalue weighted by Crippen LogP contribution is 2.34. The van der Waals surface area contributed by atoms with E-state index in [1.807, 2.05) is 0 Å². The van der Waals surface area contributed by atoms with Crippen LogP contribution in [0.3, 0.4) is 0 Å². The number of aryl methyl sites for hydroxylation is 3. The smallest absolute Gasteiger partial charge is 0.171 e. The van der Waals surface area contributed by atoms with E-state index in [-0.39, 0.29) is 5.54 Å². The molecule has 0 aliphatic heterocycles. The van der Waals surface area contributed by atoms with Crippen molar-refractivity contribution in [3.63, 3.8) is 0 Å². The molecule has 1 aliphatic carbocycles. The van der Waals surface area contributed by atoms with Gasteiger partial charge >= 0.3 is 0 Å². The third-order valence-electron chi connectivity index (χ3n) is 5.19. The van der Waals surface area contributed by atoms with Crippen LogP contribution < -0.4 is 10.6 Å². The molecule has 2 nitrogen and oxygen atoms in total. The van der Waals surface area contributed by atoms with E-state index in [9.17, 15) is 0 Å². The third-order valence-corrected chi connectivity index (χ3v) is 5.39. The van der Waals surface area contributed by atoms with Crippen LogP contribution in [-0.2, 0) is 6.42 Å². The Bertz CT molecular complexity index is 732. The van der Waals surface area contributed by atoms with Crippen LogP contribution in [0.25, 0.3) is 0 Å². The minimum Gasteiger partial charge on any atom is -0.357 e. The van der Waals surface area contributed by atoms with Crippen molar-refractivity contribution in [3.8, 4) is 0 Å². The van der Waals surface area contributed by atoms with Crippen molar-refractivity contribution in [1.82, 2.24) is 5.32 Å². The number of rotatable bonds is 5. The number of hydrogen-bond acceptors (Lipinski definition) is 1. The van der Waals surface area contributed by atoms with Gasteiger partial charge in [-0.3, -0.25) is 0 Å². The number of nitrogens with one attached hydrogen (secondary N) is 2. The molecular weight excluding hydrogens is 324 g/mol. The highest BCUT2D eigenvalue weighted by molar-refractivity contribution is 7.80. The van der Waals surface area contributed by atoms with Crippen molar-refractivity contribution >= 4 is 23.0 Å². The molecule has 1 aliphatic rings. The van der Waals surface area contributed by atoms with Crippen molar-refractivity contribution in [3.05, 3.63) is 65.2 Å². The zero-order valence-corrected chi connectivity index (χ0v) is 16.1. The summed E-state index contributed by atoms with van der Waals surface area (Å²) >= 11 is 5.62. The number of hydrogen-bond donors (Lipinski definition) is 2. The van der Waals surface area contributed by atoms with Gasteiger partial charge in [-0.2, -0.15) is 0 Å². The Kier molecular flexibility index (Phi) is 5.74. The van der Waals surface area contributed by atoms with Gasteiger partial charge in [0.15, 0.2) is 5.11 Å². The maximum atomic E-state index is 5.62. The number of benzene rings is 2. The Balaban J connectivity index is 1.62. The van der Waals surface area contributed by atoms with E-state index in [1.165, 1.54) is 42.4 Å². The molecular formula is C22H28N2S. The summed E-state index contributed by atoms with van der Waals surface area (Å²) in [6.45, 7) is 4.26. The van der Waals surface area contributed by atoms with Crippen LogP contribution in [-0.4, -0.2) is 10.7 Å². The highest BCUT2D eigenvalue weighted by atomic mass is 32.1. The van der Waals surface area contributed by atoms with Crippen LogP contribution in [0.4, 0.5) is 5.69 Å². The van der Waals surface area contributed by atoms with Crippen molar-refractivity contribution < 1.29 is 0 Å². The molecule has 2 N–H and O–H groups in total. The average molecular weight is 353 g/mol. The lowest BCUT2D eigenvalue weighted by atomic mass is 9.89. The average Bonchev–Trinajstić information content (AvgIpc) is 3.02. The van der Waals surface area contributed by atoms with Crippen LogP contribution in [0, 0.1) is 13.8 Å². The first-order valence-corrected chi connectivity index (χ1v) is 9.67. The predicted octanol–water partition coefficient (Wildman–Crippen LogP) is 5.54. The molecule has 0 bridgehead atoms. The van der Waals surface area contributed by atoms with Gasteiger partial charge in [0.2, 0.25) is 0 Å². The number of anilines is 1. The largest absolute Gasteiger partial charge is 0.357 e. The first kappa shape index (κ1) is 17.9. The minimum absolute atomic E-state index is 0.137. The quantitative estimate of drug-likeness (QED) is 0.691. The van der Waals surface area contributed by atoms with Gasteiger partial charge in [-0.15, -0.1) is 0 Å². The second-order valence-corrected chi connectivity index (χ2v) is 7.83. The molecule has 0 radical (unpaired) electrons. The van der Waals surface area contributed by atoms with Crippen LogP contribution >= 0.6 is 12.2 Å². The zero-order valence-electron chi connectivity index (χ0n) is 15.3. The van der Waals surface area contributed by atoms with Crippen LogP contribution in [0.15, 0.2) is 48.5 Å². The Morgan fingerprint density at radius 2 is 1.68 bits per heavy atom. The van der Waals surface area contributed by atoms with Crippen LogP contribution in [0.2, 0.25) is 0 Å². The van der Waals surface area contributed by atoms with Gasteiger partial charge in [0.25, 0.3) is 0 Å². The summed E-state index contributed by atoms with van der Waals surface area (Å²) in [6, 6.07) is 17.2. The first-order valence-electron chi connectivity index (χ1n) is 9.26. The third kappa shape index (κ3) is 5.05. The first-order chi connectivity index (χ1) is 12.0. The Morgan fingerprint density at radius 1 is 1.00 bits per heavy atom. The van der Waals surface area contributed by atoms with Crippen LogP contribution in [0.5, 0.6) is 0 Å². The Hall–Kier alpha value is -1.87. The van der Waals surface area contributed by atoms with E-state index in [2.05, 4.69) is 73.0 Å². The summed E-state index contributed by atoms with van der Waals surface area (Å²) < 4.78 is 0. The SMILES string of the molecule is Cc1cccc(CCC2(NC(=S)Nc3cccc(C)c3)CCCC2)c1. The normalized spacial score (nSPS) is 15.8. The molecule has 1 fully saturated rings. The molecule has 25 heavy (non-hydrogen) atoms. The Morgan fingerprint density at radius 3 is 2.36 bits per heavy atom. The summed E-state index contributed by atoms with van der Waals surface area (Å²) in [4.78, 5) is 0. The van der Waals surface area contributed by atoms with E-state index in [0.717, 1.165) is 23.6 Å². The Labute approximate surface area is 157 Å². The summed E-state index contributed by atoms with van der Waals surface area (Å²) in [6.07, 6.45) is 7.21. The molecule has 0 heterocycles. The van der Waals surface area contributed by atoms with E-state index >= 15 is 0 Å². The molecule has 0 saturated heterocycles. The van der Waals surface area contributed by atoms with Crippen molar-refractivity contribution in [2.45, 2.75) is 57.9 Å². The van der Waals surface area contributed by atoms with Crippen molar-refractivity contribution in [2.24, 2.45) is 0 Å². The molecule has 3 heteroatoms. The highest BCUT2D eigenvalue weighted by Gasteiger charge is 2.34. The summed E-state index contributed by atoms with van der Waals surface area (Å²) in [5.41, 5.74) is 5.19. The fourth-order valence-corrected chi connectivity index (χ4v) is 4.20. The standard InChI is InChI=1S/C22H28N2S/c1-17-7-5-9-19(15-17)11-14-22(12-3-4-13-22)24-21(25)23-20-10-6-8-18(2)16-20/h5-10,15-16H,3-4,11-14H2,1-2H3,(H2,23,24,25). The van der Waals surface area contributed by atoms with E-state index in [1.54, 1.807) is 0 Å². The fourth-order valence-electron chi connectivity index (χ4n) is 3.87. The molecule has 132 valence electrons. The summed E-state index contributed by atoms with van der Waals surface area (Å²) in [7, 11) is 0. The van der Waals surface area contributed by atoms with E-state index in [4.69, 9.17) is 12.2 Å². The molecule has 0 amide bonds. The van der Waals surface area contributed by atoms with Crippen molar-refractivity contribution in [2.75, 3.05) is 5.32 Å². The van der Waals surface area contributed by atoms with E-state index in [0.29, 0.717) is 0 Å². The molecule has 0 unspecified atom stereocenters. The monoisotopic (exact) mass is 352 g/mol. The topological polar surface area (TPSA) is 24.1 Å². The zero-order chi connectivity index (χ0) is 17.7. The molecule has 0 atom stereocenters. The van der Waals surface area contributed by atoms with Gasteiger partial charge in [-0.05, 0) is 75.0 Å². The summed E-state index contributed by atoms with van der Waals surface area (Å²) in [5, 5.41) is 7.77. The van der Waals surface area contributed by atoms with Gasteiger partial charge in [0.1, 0.15) is 0 Å². The molecule has 2 aromatic carbocycles. The molecule has 2 aromatic rings. The lowest BCUT2D eigenvalue weighted by Crippen LogP contribution is -2.48. The second kappa shape index (κ2) is 8.01. The van der Waals surface area contributed by atoms with E-state index < -0.39 is 0 Å².